The Balaban J connectivity index is 3.25. The van der Waals surface area contributed by atoms with Gasteiger partial charge in [-0.3, -0.25) is 10.2 Å². The number of nitrogens with two attached hydrogens (primary N) is 1. The van der Waals surface area contributed by atoms with Crippen LogP contribution in [0.4, 0.5) is 0 Å². The topological polar surface area (TPSA) is 73.4 Å². The smallest absolute Gasteiger partial charge is 0.270 e. The highest BCUT2D eigenvalue weighted by molar-refractivity contribution is 6.10. The lowest BCUT2D eigenvalue weighted by Gasteiger charge is -2.35. The van der Waals surface area contributed by atoms with Crippen LogP contribution in [0.2, 0.25) is 0 Å². The largest absolute Gasteiger partial charge is 0.404 e. The molecule has 5 nitrogen and oxygen atoms in total. The summed E-state index contributed by atoms with van der Waals surface area (Å²) in [6, 6.07) is 0. The average Bonchev–Trinajstić information content (AvgIpc) is 2.53. The Kier molecular flexibility index (Phi) is 3.31. The second kappa shape index (κ2) is 4.24. The van der Waals surface area contributed by atoms with Gasteiger partial charge < -0.3 is 15.5 Å². The third kappa shape index (κ3) is 2.33. The second-order valence-corrected chi connectivity index (χ2v) is 5.21. The summed E-state index contributed by atoms with van der Waals surface area (Å²) < 4.78 is 0. The second-order valence-electron chi connectivity index (χ2n) is 5.21. The number of amidine groups is 1. The molecular formula is C12H20N4O. The predicted molar refractivity (Wildman–Crippen MR) is 68.4 cm³/mol. The average molecular weight is 236 g/mol. The molecule has 0 radical (unpaired) electrons. The number of likely N-dealkylation sites (N-methyl/N-ethyl adjacent to an activating group) is 1. The van der Waals surface area contributed by atoms with E-state index in [9.17, 15) is 4.79 Å². The van der Waals surface area contributed by atoms with E-state index in [1.165, 1.54) is 11.1 Å². The molecule has 0 aromatic rings. The Morgan fingerprint density at radius 3 is 2.35 bits per heavy atom. The normalized spacial score (nSPS) is 18.6. The summed E-state index contributed by atoms with van der Waals surface area (Å²) in [5, 5.41) is 8.04. The van der Waals surface area contributed by atoms with Crippen LogP contribution in [-0.4, -0.2) is 41.2 Å². The van der Waals surface area contributed by atoms with Gasteiger partial charge >= 0.3 is 0 Å². The van der Waals surface area contributed by atoms with Gasteiger partial charge in [0.2, 0.25) is 0 Å². The van der Waals surface area contributed by atoms with Gasteiger partial charge in [-0.2, -0.15) is 0 Å². The SMILES string of the molecule is CN(C)C(=O)C1=C/C(=C/N)C(=N)N1C(C)(C)C. The first kappa shape index (κ1) is 13.3. The number of nitrogens with one attached hydrogen (secondary N) is 1. The van der Waals surface area contributed by atoms with Crippen molar-refractivity contribution in [2.75, 3.05) is 14.1 Å². The number of nitrogens with zero attached hydrogens (tertiary/aromatic N) is 2. The summed E-state index contributed by atoms with van der Waals surface area (Å²) in [6.45, 7) is 5.87. The summed E-state index contributed by atoms with van der Waals surface area (Å²) >= 11 is 0. The van der Waals surface area contributed by atoms with Crippen molar-refractivity contribution >= 4 is 11.7 Å². The summed E-state index contributed by atoms with van der Waals surface area (Å²) in [5.41, 5.74) is 6.20. The minimum absolute atomic E-state index is 0.124. The molecule has 1 heterocycles. The van der Waals surface area contributed by atoms with Crippen molar-refractivity contribution in [3.8, 4) is 0 Å². The fraction of sp³-hybridized carbons (Fsp3) is 0.500. The van der Waals surface area contributed by atoms with Crippen LogP contribution < -0.4 is 5.73 Å². The Morgan fingerprint density at radius 1 is 1.47 bits per heavy atom. The highest BCUT2D eigenvalue weighted by Gasteiger charge is 2.37. The molecule has 0 bridgehead atoms. The first-order valence-corrected chi connectivity index (χ1v) is 5.44. The maximum Gasteiger partial charge on any atom is 0.270 e. The van der Waals surface area contributed by atoms with Gasteiger partial charge in [-0.15, -0.1) is 0 Å². The Bertz CT molecular complexity index is 413. The molecule has 1 amide bonds. The number of carbonyl (C=O) groups is 1. The van der Waals surface area contributed by atoms with Crippen LogP contribution in [0.3, 0.4) is 0 Å². The third-order valence-corrected chi connectivity index (χ3v) is 2.51. The lowest BCUT2D eigenvalue weighted by molar-refractivity contribution is -0.126. The zero-order valence-electron chi connectivity index (χ0n) is 11.0. The van der Waals surface area contributed by atoms with E-state index < -0.39 is 0 Å². The molecule has 5 heteroatoms. The van der Waals surface area contributed by atoms with Gasteiger partial charge in [0.05, 0.1) is 0 Å². The molecule has 1 rings (SSSR count). The van der Waals surface area contributed by atoms with Crippen LogP contribution in [0.1, 0.15) is 20.8 Å². The number of rotatable bonds is 1. The summed E-state index contributed by atoms with van der Waals surface area (Å²) in [7, 11) is 3.38. The maximum atomic E-state index is 12.1. The summed E-state index contributed by atoms with van der Waals surface area (Å²) in [4.78, 5) is 15.3. The van der Waals surface area contributed by atoms with Gasteiger partial charge in [0.1, 0.15) is 11.5 Å². The molecule has 0 saturated heterocycles. The number of hydrogen-bond acceptors (Lipinski definition) is 3. The van der Waals surface area contributed by atoms with Crippen LogP contribution in [0.15, 0.2) is 23.5 Å². The van der Waals surface area contributed by atoms with E-state index in [0.29, 0.717) is 11.3 Å². The molecule has 3 N–H and O–H groups in total. The highest BCUT2D eigenvalue weighted by Crippen LogP contribution is 2.30. The van der Waals surface area contributed by atoms with E-state index in [1.807, 2.05) is 20.8 Å². The molecule has 0 aromatic heterocycles. The minimum Gasteiger partial charge on any atom is -0.404 e. The zero-order chi connectivity index (χ0) is 13.4. The van der Waals surface area contributed by atoms with Crippen molar-refractivity contribution < 1.29 is 4.79 Å². The van der Waals surface area contributed by atoms with Crippen molar-refractivity contribution in [2.24, 2.45) is 5.73 Å². The molecule has 17 heavy (non-hydrogen) atoms. The van der Waals surface area contributed by atoms with E-state index in [-0.39, 0.29) is 17.3 Å². The van der Waals surface area contributed by atoms with Crippen LogP contribution in [0.25, 0.3) is 0 Å². The van der Waals surface area contributed by atoms with E-state index in [4.69, 9.17) is 11.1 Å². The molecule has 94 valence electrons. The molecular weight excluding hydrogens is 216 g/mol. The highest BCUT2D eigenvalue weighted by atomic mass is 16.2. The minimum atomic E-state index is -0.334. The van der Waals surface area contributed by atoms with Crippen molar-refractivity contribution in [1.29, 1.82) is 5.41 Å². The van der Waals surface area contributed by atoms with Gasteiger partial charge in [0.25, 0.3) is 5.91 Å². The Morgan fingerprint density at radius 2 is 2.00 bits per heavy atom. The van der Waals surface area contributed by atoms with Gasteiger partial charge in [-0.05, 0) is 26.8 Å². The lowest BCUT2D eigenvalue weighted by atomic mass is 10.1. The van der Waals surface area contributed by atoms with Crippen LogP contribution in [0.5, 0.6) is 0 Å². The van der Waals surface area contributed by atoms with E-state index >= 15 is 0 Å². The zero-order valence-corrected chi connectivity index (χ0v) is 11.0. The van der Waals surface area contributed by atoms with Crippen LogP contribution >= 0.6 is 0 Å². The van der Waals surface area contributed by atoms with Crippen molar-refractivity contribution in [1.82, 2.24) is 9.80 Å². The Hall–Kier alpha value is -1.78. The van der Waals surface area contributed by atoms with Gasteiger partial charge in [-0.1, -0.05) is 0 Å². The number of carbonyl (C=O) groups excluding carboxylic acids is 1. The fourth-order valence-electron chi connectivity index (χ4n) is 1.74. The summed E-state index contributed by atoms with van der Waals surface area (Å²) in [5.74, 6) is 0.145. The van der Waals surface area contributed by atoms with E-state index in [1.54, 1.807) is 25.1 Å². The van der Waals surface area contributed by atoms with Crippen LogP contribution in [0, 0.1) is 5.41 Å². The first-order chi connectivity index (χ1) is 7.70. The van der Waals surface area contributed by atoms with Gasteiger partial charge in [0, 0.05) is 31.4 Å². The lowest BCUT2D eigenvalue weighted by Crippen LogP contribution is -2.45. The molecule has 1 aliphatic rings. The number of hydrogen-bond donors (Lipinski definition) is 2. The summed E-state index contributed by atoms with van der Waals surface area (Å²) in [6.07, 6.45) is 3.02. The molecule has 0 fully saturated rings. The van der Waals surface area contributed by atoms with E-state index in [2.05, 4.69) is 0 Å². The van der Waals surface area contributed by atoms with Gasteiger partial charge in [-0.25, -0.2) is 0 Å². The molecule has 0 aromatic carbocycles. The maximum absolute atomic E-state index is 12.1. The quantitative estimate of drug-likeness (QED) is 0.710. The van der Waals surface area contributed by atoms with Crippen molar-refractivity contribution in [2.45, 2.75) is 26.3 Å². The number of amides is 1. The monoisotopic (exact) mass is 236 g/mol. The predicted octanol–water partition coefficient (Wildman–Crippen LogP) is 0.892. The van der Waals surface area contributed by atoms with E-state index in [0.717, 1.165) is 0 Å². The fourth-order valence-corrected chi connectivity index (χ4v) is 1.74. The standard InChI is InChI=1S/C12H20N4O/c1-12(2,3)16-9(11(17)15(4)5)6-8(7-13)10(16)14/h6-7,14H,13H2,1-5H3/b8-7-,14-10?. The first-order valence-electron chi connectivity index (χ1n) is 5.44. The van der Waals surface area contributed by atoms with Crippen molar-refractivity contribution in [3.05, 3.63) is 23.5 Å². The molecule has 1 aliphatic heterocycles. The van der Waals surface area contributed by atoms with Crippen LogP contribution in [-0.2, 0) is 4.79 Å². The van der Waals surface area contributed by atoms with Crippen molar-refractivity contribution in [3.63, 3.8) is 0 Å². The molecule has 0 aliphatic carbocycles. The molecule has 0 saturated carbocycles. The molecule has 0 unspecified atom stereocenters. The Labute approximate surface area is 102 Å². The third-order valence-electron chi connectivity index (χ3n) is 2.51. The van der Waals surface area contributed by atoms with Gasteiger partial charge in [0.15, 0.2) is 0 Å². The molecule has 0 atom stereocenters. The molecule has 0 spiro atoms.